The molecule has 102 valence electrons. The van der Waals surface area contributed by atoms with Crippen LogP contribution in [0.5, 0.6) is 5.75 Å². The first kappa shape index (κ1) is 13.8. The van der Waals surface area contributed by atoms with Crippen LogP contribution in [-0.4, -0.2) is 25.1 Å². The van der Waals surface area contributed by atoms with Gasteiger partial charge in [-0.1, -0.05) is 6.07 Å². The predicted molar refractivity (Wildman–Crippen MR) is 75.2 cm³/mol. The SMILES string of the molecule is CCN(c1cccc(O)c1)S(=O)(=O)c1cnc(C)s1. The molecule has 0 saturated carbocycles. The van der Waals surface area contributed by atoms with Gasteiger partial charge in [-0.2, -0.15) is 0 Å². The number of hydrogen-bond donors (Lipinski definition) is 1. The van der Waals surface area contributed by atoms with Crippen molar-refractivity contribution in [2.24, 2.45) is 0 Å². The van der Waals surface area contributed by atoms with E-state index in [9.17, 15) is 13.5 Å². The van der Waals surface area contributed by atoms with Crippen molar-refractivity contribution in [3.8, 4) is 5.75 Å². The van der Waals surface area contributed by atoms with Gasteiger partial charge in [0.25, 0.3) is 10.0 Å². The van der Waals surface area contributed by atoms with Gasteiger partial charge in [0.1, 0.15) is 5.75 Å². The number of benzene rings is 1. The largest absolute Gasteiger partial charge is 0.508 e. The quantitative estimate of drug-likeness (QED) is 0.940. The lowest BCUT2D eigenvalue weighted by molar-refractivity contribution is 0.475. The first-order valence-electron chi connectivity index (χ1n) is 5.69. The molecule has 0 bridgehead atoms. The maximum absolute atomic E-state index is 12.5. The van der Waals surface area contributed by atoms with Crippen molar-refractivity contribution in [2.75, 3.05) is 10.8 Å². The van der Waals surface area contributed by atoms with E-state index in [1.165, 1.54) is 22.6 Å². The molecule has 0 amide bonds. The van der Waals surface area contributed by atoms with Crippen molar-refractivity contribution in [1.29, 1.82) is 0 Å². The summed E-state index contributed by atoms with van der Waals surface area (Å²) < 4.78 is 26.5. The van der Waals surface area contributed by atoms with Crippen LogP contribution in [-0.2, 0) is 10.0 Å². The van der Waals surface area contributed by atoms with Crippen molar-refractivity contribution in [3.05, 3.63) is 35.5 Å². The molecule has 0 atom stereocenters. The fraction of sp³-hybridized carbons (Fsp3) is 0.250. The van der Waals surface area contributed by atoms with E-state index in [1.54, 1.807) is 26.0 Å². The average Bonchev–Trinajstić information content (AvgIpc) is 2.77. The maximum atomic E-state index is 12.5. The van der Waals surface area contributed by atoms with E-state index in [1.807, 2.05) is 0 Å². The number of hydrogen-bond acceptors (Lipinski definition) is 5. The van der Waals surface area contributed by atoms with Gasteiger partial charge < -0.3 is 5.11 Å². The van der Waals surface area contributed by atoms with Crippen molar-refractivity contribution in [2.45, 2.75) is 18.1 Å². The van der Waals surface area contributed by atoms with Crippen LogP contribution in [0.2, 0.25) is 0 Å². The van der Waals surface area contributed by atoms with E-state index in [0.717, 1.165) is 11.3 Å². The molecule has 1 N–H and O–H groups in total. The van der Waals surface area contributed by atoms with E-state index < -0.39 is 10.0 Å². The van der Waals surface area contributed by atoms with Crippen LogP contribution in [0.1, 0.15) is 11.9 Å². The lowest BCUT2D eigenvalue weighted by Crippen LogP contribution is -2.30. The normalized spacial score (nSPS) is 11.5. The molecule has 2 aromatic rings. The van der Waals surface area contributed by atoms with Crippen LogP contribution in [0.4, 0.5) is 5.69 Å². The number of aromatic hydroxyl groups is 1. The van der Waals surface area contributed by atoms with Crippen LogP contribution in [0.3, 0.4) is 0 Å². The monoisotopic (exact) mass is 298 g/mol. The molecule has 0 fully saturated rings. The summed E-state index contributed by atoms with van der Waals surface area (Å²) in [5.41, 5.74) is 0.438. The number of rotatable bonds is 4. The summed E-state index contributed by atoms with van der Waals surface area (Å²) in [6, 6.07) is 6.19. The zero-order chi connectivity index (χ0) is 14.0. The zero-order valence-electron chi connectivity index (χ0n) is 10.6. The molecule has 7 heteroatoms. The molecule has 0 radical (unpaired) electrons. The lowest BCUT2D eigenvalue weighted by atomic mass is 10.3. The highest BCUT2D eigenvalue weighted by Gasteiger charge is 2.25. The summed E-state index contributed by atoms with van der Waals surface area (Å²) in [5, 5.41) is 10.2. The maximum Gasteiger partial charge on any atom is 0.275 e. The van der Waals surface area contributed by atoms with Gasteiger partial charge in [-0.05, 0) is 26.0 Å². The highest BCUT2D eigenvalue weighted by atomic mass is 32.2. The number of phenols is 1. The molecular weight excluding hydrogens is 284 g/mol. The van der Waals surface area contributed by atoms with E-state index in [0.29, 0.717) is 10.7 Å². The Labute approximate surface area is 116 Å². The number of sulfonamides is 1. The van der Waals surface area contributed by atoms with E-state index in [4.69, 9.17) is 0 Å². The molecule has 0 saturated heterocycles. The standard InChI is InChI=1S/C12H14N2O3S2/c1-3-14(10-5-4-6-11(15)7-10)19(16,17)12-8-13-9(2)18-12/h4-8,15H,3H2,1-2H3. The van der Waals surface area contributed by atoms with Gasteiger partial charge in [0.05, 0.1) is 16.9 Å². The summed E-state index contributed by atoms with van der Waals surface area (Å²) in [6.07, 6.45) is 1.36. The van der Waals surface area contributed by atoms with Crippen LogP contribution < -0.4 is 4.31 Å². The van der Waals surface area contributed by atoms with Crippen LogP contribution in [0.25, 0.3) is 0 Å². The molecule has 0 unspecified atom stereocenters. The van der Waals surface area contributed by atoms with Crippen molar-refractivity contribution >= 4 is 27.0 Å². The van der Waals surface area contributed by atoms with Gasteiger partial charge in [-0.3, -0.25) is 4.31 Å². The third-order valence-corrected chi connectivity index (χ3v) is 5.80. The number of anilines is 1. The van der Waals surface area contributed by atoms with E-state index >= 15 is 0 Å². The Morgan fingerprint density at radius 1 is 1.42 bits per heavy atom. The second-order valence-electron chi connectivity index (χ2n) is 3.89. The Balaban J connectivity index is 2.47. The second-order valence-corrected chi connectivity index (χ2v) is 7.21. The van der Waals surface area contributed by atoms with Gasteiger partial charge in [0, 0.05) is 12.6 Å². The van der Waals surface area contributed by atoms with Gasteiger partial charge in [0.2, 0.25) is 0 Å². The van der Waals surface area contributed by atoms with Gasteiger partial charge in [0.15, 0.2) is 4.21 Å². The second kappa shape index (κ2) is 5.18. The van der Waals surface area contributed by atoms with E-state index in [2.05, 4.69) is 4.98 Å². The Kier molecular flexibility index (Phi) is 3.77. The molecule has 2 rings (SSSR count). The molecule has 19 heavy (non-hydrogen) atoms. The number of phenolic OH excluding ortho intramolecular Hbond substituents is 1. The molecular formula is C12H14N2O3S2. The highest BCUT2D eigenvalue weighted by Crippen LogP contribution is 2.28. The van der Waals surface area contributed by atoms with Gasteiger partial charge in [-0.25, -0.2) is 13.4 Å². The fourth-order valence-electron chi connectivity index (χ4n) is 1.71. The zero-order valence-corrected chi connectivity index (χ0v) is 12.2. The van der Waals surface area contributed by atoms with Gasteiger partial charge >= 0.3 is 0 Å². The third-order valence-electron chi connectivity index (χ3n) is 2.55. The lowest BCUT2D eigenvalue weighted by Gasteiger charge is -2.21. The van der Waals surface area contributed by atoms with Crippen molar-refractivity contribution in [1.82, 2.24) is 4.98 Å². The first-order valence-corrected chi connectivity index (χ1v) is 7.95. The van der Waals surface area contributed by atoms with Crippen LogP contribution in [0, 0.1) is 6.92 Å². The van der Waals surface area contributed by atoms with Crippen molar-refractivity contribution < 1.29 is 13.5 Å². The molecule has 1 heterocycles. The molecule has 0 aliphatic carbocycles. The van der Waals surface area contributed by atoms with Gasteiger partial charge in [-0.15, -0.1) is 11.3 Å². The molecule has 0 aliphatic heterocycles. The number of nitrogens with zero attached hydrogens (tertiary/aromatic N) is 2. The molecule has 0 spiro atoms. The topological polar surface area (TPSA) is 70.5 Å². The molecule has 1 aromatic carbocycles. The molecule has 5 nitrogen and oxygen atoms in total. The smallest absolute Gasteiger partial charge is 0.275 e. The predicted octanol–water partition coefficient (Wildman–Crippen LogP) is 2.37. The van der Waals surface area contributed by atoms with Crippen LogP contribution >= 0.6 is 11.3 Å². The minimum Gasteiger partial charge on any atom is -0.508 e. The summed E-state index contributed by atoms with van der Waals surface area (Å²) in [5.74, 6) is 0.0339. The fourth-order valence-corrected chi connectivity index (χ4v) is 4.40. The third kappa shape index (κ3) is 2.71. The minimum atomic E-state index is -3.62. The minimum absolute atomic E-state index is 0.0339. The Morgan fingerprint density at radius 3 is 2.68 bits per heavy atom. The first-order chi connectivity index (χ1) is 8.95. The summed E-state index contributed by atoms with van der Waals surface area (Å²) in [7, 11) is -3.62. The Hall–Kier alpha value is -1.60. The Bertz CT molecular complexity index is 680. The highest BCUT2D eigenvalue weighted by molar-refractivity contribution is 7.94. The number of aromatic nitrogens is 1. The van der Waals surface area contributed by atoms with Crippen LogP contribution in [0.15, 0.2) is 34.7 Å². The molecule has 1 aromatic heterocycles. The van der Waals surface area contributed by atoms with E-state index in [-0.39, 0.29) is 16.5 Å². The average molecular weight is 298 g/mol. The summed E-state index contributed by atoms with van der Waals surface area (Å²) in [4.78, 5) is 3.97. The summed E-state index contributed by atoms with van der Waals surface area (Å²) >= 11 is 1.13. The van der Waals surface area contributed by atoms with Crippen molar-refractivity contribution in [3.63, 3.8) is 0 Å². The number of thiazole rings is 1. The Morgan fingerprint density at radius 2 is 2.16 bits per heavy atom. The summed E-state index contributed by atoms with van der Waals surface area (Å²) in [6.45, 7) is 3.78. The molecule has 0 aliphatic rings. The number of aryl methyl sites for hydroxylation is 1.